The first kappa shape index (κ1) is 11.4. The summed E-state index contributed by atoms with van der Waals surface area (Å²) < 4.78 is 0. The molecule has 1 aliphatic carbocycles. The van der Waals surface area contributed by atoms with Crippen LogP contribution in [0.1, 0.15) is 40.0 Å². The quantitative estimate of drug-likeness (QED) is 0.718. The first-order valence-electron chi connectivity index (χ1n) is 6.59. The molecule has 0 amide bonds. The SMILES string of the molecule is CC1CN(C2C(C)CCCC2C)CC1N. The summed E-state index contributed by atoms with van der Waals surface area (Å²) in [6.45, 7) is 9.49. The van der Waals surface area contributed by atoms with E-state index < -0.39 is 0 Å². The van der Waals surface area contributed by atoms with Crippen molar-refractivity contribution in [2.45, 2.75) is 52.1 Å². The van der Waals surface area contributed by atoms with Crippen LogP contribution in [0.2, 0.25) is 0 Å². The van der Waals surface area contributed by atoms with Crippen LogP contribution in [0.25, 0.3) is 0 Å². The molecule has 0 radical (unpaired) electrons. The number of hydrogen-bond acceptors (Lipinski definition) is 2. The maximum Gasteiger partial charge on any atom is 0.0206 e. The normalized spacial score (nSPS) is 48.4. The van der Waals surface area contributed by atoms with Gasteiger partial charge in [-0.05, 0) is 30.6 Å². The van der Waals surface area contributed by atoms with Gasteiger partial charge >= 0.3 is 0 Å². The van der Waals surface area contributed by atoms with E-state index in [4.69, 9.17) is 5.73 Å². The lowest BCUT2D eigenvalue weighted by atomic mass is 9.78. The van der Waals surface area contributed by atoms with Crippen LogP contribution in [-0.2, 0) is 0 Å². The van der Waals surface area contributed by atoms with Crippen molar-refractivity contribution in [3.8, 4) is 0 Å². The number of likely N-dealkylation sites (tertiary alicyclic amines) is 1. The molecule has 2 N–H and O–H groups in total. The van der Waals surface area contributed by atoms with Gasteiger partial charge in [0, 0.05) is 25.2 Å². The zero-order chi connectivity index (χ0) is 11.0. The van der Waals surface area contributed by atoms with Crippen LogP contribution < -0.4 is 5.73 Å². The van der Waals surface area contributed by atoms with Gasteiger partial charge in [-0.2, -0.15) is 0 Å². The summed E-state index contributed by atoms with van der Waals surface area (Å²) in [5, 5.41) is 0. The smallest absolute Gasteiger partial charge is 0.0206 e. The van der Waals surface area contributed by atoms with E-state index in [9.17, 15) is 0 Å². The van der Waals surface area contributed by atoms with Crippen molar-refractivity contribution >= 4 is 0 Å². The molecule has 15 heavy (non-hydrogen) atoms. The molecule has 1 saturated carbocycles. The molecule has 2 heteroatoms. The molecular formula is C13H26N2. The largest absolute Gasteiger partial charge is 0.326 e. The van der Waals surface area contributed by atoms with Gasteiger partial charge in [0.05, 0.1) is 0 Å². The molecule has 2 aliphatic rings. The molecule has 1 aliphatic heterocycles. The van der Waals surface area contributed by atoms with E-state index >= 15 is 0 Å². The molecule has 2 rings (SSSR count). The van der Waals surface area contributed by atoms with Gasteiger partial charge in [0.2, 0.25) is 0 Å². The highest BCUT2D eigenvalue weighted by molar-refractivity contribution is 4.93. The highest BCUT2D eigenvalue weighted by Gasteiger charge is 2.37. The van der Waals surface area contributed by atoms with E-state index in [-0.39, 0.29) is 0 Å². The van der Waals surface area contributed by atoms with Gasteiger partial charge in [-0.15, -0.1) is 0 Å². The summed E-state index contributed by atoms with van der Waals surface area (Å²) >= 11 is 0. The standard InChI is InChI=1S/C13H26N2/c1-9-5-4-6-10(2)13(9)15-7-11(3)12(14)8-15/h9-13H,4-8,14H2,1-3H3. The zero-order valence-electron chi connectivity index (χ0n) is 10.4. The molecule has 2 fully saturated rings. The van der Waals surface area contributed by atoms with E-state index in [0.29, 0.717) is 12.0 Å². The third-order valence-corrected chi connectivity index (χ3v) is 4.61. The van der Waals surface area contributed by atoms with Crippen LogP contribution in [-0.4, -0.2) is 30.1 Å². The van der Waals surface area contributed by atoms with Crippen molar-refractivity contribution in [3.05, 3.63) is 0 Å². The van der Waals surface area contributed by atoms with E-state index in [1.165, 1.54) is 25.8 Å². The Balaban J connectivity index is 2.02. The van der Waals surface area contributed by atoms with Gasteiger partial charge in [-0.1, -0.05) is 27.2 Å². The first-order valence-corrected chi connectivity index (χ1v) is 6.59. The fourth-order valence-electron chi connectivity index (χ4n) is 3.66. The van der Waals surface area contributed by atoms with Crippen LogP contribution in [0.4, 0.5) is 0 Å². The van der Waals surface area contributed by atoms with E-state index in [0.717, 1.165) is 24.4 Å². The zero-order valence-corrected chi connectivity index (χ0v) is 10.4. The molecule has 1 heterocycles. The Bertz CT molecular complexity index is 197. The molecule has 0 bridgehead atoms. The van der Waals surface area contributed by atoms with Crippen LogP contribution in [0, 0.1) is 17.8 Å². The fourth-order valence-corrected chi connectivity index (χ4v) is 3.66. The Morgan fingerprint density at radius 1 is 0.933 bits per heavy atom. The van der Waals surface area contributed by atoms with E-state index in [2.05, 4.69) is 25.7 Å². The molecule has 4 unspecified atom stereocenters. The van der Waals surface area contributed by atoms with Crippen molar-refractivity contribution in [1.82, 2.24) is 4.90 Å². The number of nitrogens with two attached hydrogens (primary N) is 1. The van der Waals surface area contributed by atoms with E-state index in [1.807, 2.05) is 0 Å². The molecule has 4 atom stereocenters. The monoisotopic (exact) mass is 210 g/mol. The Hall–Kier alpha value is -0.0800. The van der Waals surface area contributed by atoms with Crippen molar-refractivity contribution in [1.29, 1.82) is 0 Å². The molecule has 88 valence electrons. The van der Waals surface area contributed by atoms with Gasteiger partial charge in [0.25, 0.3) is 0 Å². The Labute approximate surface area is 94.2 Å². The Kier molecular flexibility index (Phi) is 3.36. The molecule has 2 nitrogen and oxygen atoms in total. The lowest BCUT2D eigenvalue weighted by Crippen LogP contribution is -2.45. The van der Waals surface area contributed by atoms with Gasteiger partial charge in [-0.25, -0.2) is 0 Å². The van der Waals surface area contributed by atoms with Crippen LogP contribution in [0.3, 0.4) is 0 Å². The van der Waals surface area contributed by atoms with Gasteiger partial charge in [-0.3, -0.25) is 4.90 Å². The molecule has 1 saturated heterocycles. The highest BCUT2D eigenvalue weighted by Crippen LogP contribution is 2.34. The number of rotatable bonds is 1. The van der Waals surface area contributed by atoms with Crippen LogP contribution >= 0.6 is 0 Å². The Morgan fingerprint density at radius 3 is 2.00 bits per heavy atom. The van der Waals surface area contributed by atoms with Crippen molar-refractivity contribution in [2.24, 2.45) is 23.5 Å². The lowest BCUT2D eigenvalue weighted by molar-refractivity contribution is 0.0867. The third-order valence-electron chi connectivity index (χ3n) is 4.61. The second-order valence-electron chi connectivity index (χ2n) is 5.97. The molecular weight excluding hydrogens is 184 g/mol. The molecule has 0 aromatic carbocycles. The minimum absolute atomic E-state index is 0.409. The molecule has 0 aromatic heterocycles. The maximum atomic E-state index is 6.12. The van der Waals surface area contributed by atoms with Gasteiger partial charge in [0.1, 0.15) is 0 Å². The maximum absolute atomic E-state index is 6.12. The lowest BCUT2D eigenvalue weighted by Gasteiger charge is -2.41. The summed E-state index contributed by atoms with van der Waals surface area (Å²) in [7, 11) is 0. The van der Waals surface area contributed by atoms with Gasteiger partial charge < -0.3 is 5.73 Å². The second-order valence-corrected chi connectivity index (χ2v) is 5.97. The summed E-state index contributed by atoms with van der Waals surface area (Å²) in [6, 6.07) is 1.21. The fraction of sp³-hybridized carbons (Fsp3) is 1.00. The summed E-state index contributed by atoms with van der Waals surface area (Å²) in [5.74, 6) is 2.42. The van der Waals surface area contributed by atoms with Crippen LogP contribution in [0.15, 0.2) is 0 Å². The van der Waals surface area contributed by atoms with Crippen molar-refractivity contribution < 1.29 is 0 Å². The van der Waals surface area contributed by atoms with Crippen LogP contribution in [0.5, 0.6) is 0 Å². The number of nitrogens with zero attached hydrogens (tertiary/aromatic N) is 1. The topological polar surface area (TPSA) is 29.3 Å². The minimum Gasteiger partial charge on any atom is -0.326 e. The summed E-state index contributed by atoms with van der Waals surface area (Å²) in [6.07, 6.45) is 4.25. The average molecular weight is 210 g/mol. The molecule has 0 aromatic rings. The van der Waals surface area contributed by atoms with Gasteiger partial charge in [0.15, 0.2) is 0 Å². The van der Waals surface area contributed by atoms with Crippen molar-refractivity contribution in [3.63, 3.8) is 0 Å². The Morgan fingerprint density at radius 2 is 1.53 bits per heavy atom. The third kappa shape index (κ3) is 2.21. The minimum atomic E-state index is 0.409. The van der Waals surface area contributed by atoms with Crippen molar-refractivity contribution in [2.75, 3.05) is 13.1 Å². The molecule has 0 spiro atoms. The summed E-state index contributed by atoms with van der Waals surface area (Å²) in [4.78, 5) is 2.67. The van der Waals surface area contributed by atoms with E-state index in [1.54, 1.807) is 0 Å². The average Bonchev–Trinajstić information content (AvgIpc) is 2.46. The summed E-state index contributed by atoms with van der Waals surface area (Å²) in [5.41, 5.74) is 6.12. The second kappa shape index (κ2) is 4.42. The predicted octanol–water partition coefficient (Wildman–Crippen LogP) is 2.09. The highest BCUT2D eigenvalue weighted by atomic mass is 15.2. The first-order chi connectivity index (χ1) is 7.09. The predicted molar refractivity (Wildman–Crippen MR) is 64.7 cm³/mol. The number of hydrogen-bond donors (Lipinski definition) is 1.